The van der Waals surface area contributed by atoms with Crippen LogP contribution in [-0.2, 0) is 4.79 Å². The molecule has 5 nitrogen and oxygen atoms in total. The number of aliphatic carboxylic acids is 1. The third-order valence-corrected chi connectivity index (χ3v) is 3.33. The van der Waals surface area contributed by atoms with Gasteiger partial charge in [0.05, 0.1) is 12.7 Å². The molecule has 0 bridgehead atoms. The van der Waals surface area contributed by atoms with Crippen LogP contribution < -0.4 is 10.4 Å². The van der Waals surface area contributed by atoms with Crippen molar-refractivity contribution < 1.29 is 19.1 Å². The fourth-order valence-electron chi connectivity index (χ4n) is 2.11. The number of hydrogen-bond donors (Lipinski definition) is 1. The maximum Gasteiger partial charge on any atom is 0.342 e. The lowest BCUT2D eigenvalue weighted by Gasteiger charge is -2.09. The number of carbonyl (C=O) groups is 1. The lowest BCUT2D eigenvalue weighted by atomic mass is 10.0. The van der Waals surface area contributed by atoms with Crippen LogP contribution >= 0.6 is 0 Å². The molecule has 0 saturated carbocycles. The minimum Gasteiger partial charge on any atom is -0.496 e. The molecule has 0 amide bonds. The summed E-state index contributed by atoms with van der Waals surface area (Å²) in [6.45, 7) is 5.53. The summed E-state index contributed by atoms with van der Waals surface area (Å²) < 4.78 is 10.4. The van der Waals surface area contributed by atoms with E-state index in [1.54, 1.807) is 13.0 Å². The lowest BCUT2D eigenvalue weighted by molar-refractivity contribution is -0.137. The second-order valence-electron chi connectivity index (χ2n) is 5.20. The summed E-state index contributed by atoms with van der Waals surface area (Å²) in [5, 5.41) is 8.62. The molecule has 1 atom stereocenters. The molecule has 0 aromatic carbocycles. The van der Waals surface area contributed by atoms with Crippen molar-refractivity contribution in [3.63, 3.8) is 0 Å². The zero-order valence-corrected chi connectivity index (χ0v) is 12.9. The topological polar surface area (TPSA) is 76.7 Å². The van der Waals surface area contributed by atoms with Gasteiger partial charge in [-0.3, -0.25) is 4.79 Å². The second-order valence-corrected chi connectivity index (χ2v) is 5.20. The highest BCUT2D eigenvalue weighted by atomic mass is 16.5. The Balaban J connectivity index is 2.84. The number of hydrogen-bond acceptors (Lipinski definition) is 4. The molecule has 1 heterocycles. The highest BCUT2D eigenvalue weighted by Gasteiger charge is 2.10. The van der Waals surface area contributed by atoms with Gasteiger partial charge in [-0.05, 0) is 38.2 Å². The molecule has 1 N–H and O–H groups in total. The number of methoxy groups -OCH3 is 1. The smallest absolute Gasteiger partial charge is 0.342 e. The first-order valence-electron chi connectivity index (χ1n) is 6.94. The summed E-state index contributed by atoms with van der Waals surface area (Å²) in [6.07, 6.45) is 3.55. The Bertz CT molecular complexity index is 583. The van der Waals surface area contributed by atoms with E-state index in [9.17, 15) is 9.59 Å². The molecule has 5 heteroatoms. The van der Waals surface area contributed by atoms with Crippen molar-refractivity contribution >= 4 is 11.5 Å². The summed E-state index contributed by atoms with van der Waals surface area (Å²) in [7, 11) is 1.51. The van der Waals surface area contributed by atoms with Crippen molar-refractivity contribution in [2.24, 2.45) is 5.92 Å². The quantitative estimate of drug-likeness (QED) is 0.835. The summed E-state index contributed by atoms with van der Waals surface area (Å²) in [5.41, 5.74) is 0.882. The van der Waals surface area contributed by atoms with Crippen molar-refractivity contribution in [1.82, 2.24) is 0 Å². The summed E-state index contributed by atoms with van der Waals surface area (Å²) in [5.74, 6) is 0.416. The van der Waals surface area contributed by atoms with E-state index in [1.807, 2.05) is 19.9 Å². The van der Waals surface area contributed by atoms with Crippen molar-refractivity contribution in [3.05, 3.63) is 33.9 Å². The van der Waals surface area contributed by atoms with Crippen molar-refractivity contribution in [2.45, 2.75) is 40.0 Å². The van der Waals surface area contributed by atoms with Gasteiger partial charge in [0.25, 0.3) is 0 Å². The number of ether oxygens (including phenoxy) is 1. The monoisotopic (exact) mass is 294 g/mol. The Hall–Kier alpha value is -2.04. The van der Waals surface area contributed by atoms with Crippen LogP contribution in [0.5, 0.6) is 5.75 Å². The van der Waals surface area contributed by atoms with E-state index in [4.69, 9.17) is 14.3 Å². The molecule has 0 radical (unpaired) electrons. The zero-order chi connectivity index (χ0) is 16.0. The first kappa shape index (κ1) is 17.0. The van der Waals surface area contributed by atoms with Gasteiger partial charge < -0.3 is 14.3 Å². The molecule has 1 aromatic heterocycles. The van der Waals surface area contributed by atoms with E-state index in [1.165, 1.54) is 7.11 Å². The minimum absolute atomic E-state index is 0.171. The van der Waals surface area contributed by atoms with Crippen LogP contribution in [0.1, 0.15) is 44.4 Å². The molecule has 0 saturated heterocycles. The Labute approximate surface area is 124 Å². The molecule has 0 fully saturated rings. The molecule has 0 aliphatic rings. The average Bonchev–Trinajstić information content (AvgIpc) is 2.41. The van der Waals surface area contributed by atoms with Crippen LogP contribution in [0.3, 0.4) is 0 Å². The number of carboxylic acid groups (broad SMARTS) is 1. The molecule has 1 rings (SSSR count). The minimum atomic E-state index is -0.780. The Morgan fingerprint density at radius 3 is 2.76 bits per heavy atom. The first-order chi connectivity index (χ1) is 9.85. The molecule has 21 heavy (non-hydrogen) atoms. The molecule has 1 aromatic rings. The van der Waals surface area contributed by atoms with E-state index in [-0.39, 0.29) is 12.3 Å². The molecular weight excluding hydrogens is 272 g/mol. The van der Waals surface area contributed by atoms with Crippen molar-refractivity contribution in [1.29, 1.82) is 0 Å². The summed E-state index contributed by atoms with van der Waals surface area (Å²) in [6, 6.07) is 1.70. The number of allylic oxidation sites excluding steroid dienone is 2. The van der Waals surface area contributed by atoms with Crippen molar-refractivity contribution in [3.8, 4) is 5.75 Å². The van der Waals surface area contributed by atoms with Gasteiger partial charge in [0.1, 0.15) is 11.5 Å². The second kappa shape index (κ2) is 7.67. The molecular formula is C16H22O5. The van der Waals surface area contributed by atoms with Gasteiger partial charge in [-0.1, -0.05) is 13.0 Å². The maximum atomic E-state index is 11.7. The highest BCUT2D eigenvalue weighted by Crippen LogP contribution is 2.23. The van der Waals surface area contributed by atoms with Crippen LogP contribution in [0.4, 0.5) is 0 Å². The van der Waals surface area contributed by atoms with E-state index >= 15 is 0 Å². The molecule has 0 spiro atoms. The van der Waals surface area contributed by atoms with Gasteiger partial charge in [0.2, 0.25) is 0 Å². The fraction of sp³-hybridized carbons (Fsp3) is 0.500. The van der Waals surface area contributed by atoms with Crippen molar-refractivity contribution in [2.75, 3.05) is 7.11 Å². The molecule has 0 aliphatic heterocycles. The van der Waals surface area contributed by atoms with Crippen LogP contribution in [-0.4, -0.2) is 18.2 Å². The van der Waals surface area contributed by atoms with Crippen LogP contribution in [0, 0.1) is 12.8 Å². The Morgan fingerprint density at radius 1 is 1.52 bits per heavy atom. The van der Waals surface area contributed by atoms with Gasteiger partial charge in [0.15, 0.2) is 0 Å². The average molecular weight is 294 g/mol. The van der Waals surface area contributed by atoms with E-state index in [2.05, 4.69) is 0 Å². The molecule has 116 valence electrons. The van der Waals surface area contributed by atoms with Gasteiger partial charge in [-0.15, -0.1) is 0 Å². The number of rotatable bonds is 7. The normalized spacial score (nSPS) is 13.0. The van der Waals surface area contributed by atoms with Gasteiger partial charge >= 0.3 is 11.6 Å². The third kappa shape index (κ3) is 5.10. The predicted octanol–water partition coefficient (Wildman–Crippen LogP) is 3.25. The standard InChI is InChI=1S/C16H22O5/c1-10(6-5-7-15(17)18)8-11(2)13-9-14(20-4)12(3)16(19)21-13/h8-10H,5-7H2,1-4H3,(H,17,18)/t10-/m0/s1. The number of carboxylic acids is 1. The zero-order valence-electron chi connectivity index (χ0n) is 12.9. The van der Waals surface area contributed by atoms with E-state index < -0.39 is 11.6 Å². The molecule has 0 aliphatic carbocycles. The van der Waals surface area contributed by atoms with Gasteiger partial charge in [-0.2, -0.15) is 0 Å². The van der Waals surface area contributed by atoms with Crippen LogP contribution in [0.2, 0.25) is 0 Å². The third-order valence-electron chi connectivity index (χ3n) is 3.33. The lowest BCUT2D eigenvalue weighted by Crippen LogP contribution is -2.07. The van der Waals surface area contributed by atoms with Crippen LogP contribution in [0.25, 0.3) is 5.57 Å². The van der Waals surface area contributed by atoms with Gasteiger partial charge in [0, 0.05) is 12.5 Å². The maximum absolute atomic E-state index is 11.7. The summed E-state index contributed by atoms with van der Waals surface area (Å²) in [4.78, 5) is 22.2. The highest BCUT2D eigenvalue weighted by molar-refractivity contribution is 5.66. The molecule has 0 unspecified atom stereocenters. The van der Waals surface area contributed by atoms with E-state index in [0.29, 0.717) is 23.5 Å². The summed E-state index contributed by atoms with van der Waals surface area (Å²) >= 11 is 0. The van der Waals surface area contributed by atoms with Crippen LogP contribution in [0.15, 0.2) is 21.4 Å². The fourth-order valence-corrected chi connectivity index (χ4v) is 2.11. The first-order valence-corrected chi connectivity index (χ1v) is 6.94. The largest absolute Gasteiger partial charge is 0.496 e. The van der Waals surface area contributed by atoms with E-state index in [0.717, 1.165) is 12.0 Å². The Kier molecular flexibility index (Phi) is 6.21. The predicted molar refractivity (Wildman–Crippen MR) is 80.6 cm³/mol. The Morgan fingerprint density at radius 2 is 2.19 bits per heavy atom. The SMILES string of the molecule is COc1cc(C(C)=C[C@@H](C)CCCC(=O)O)oc(=O)c1C. The van der Waals surface area contributed by atoms with Gasteiger partial charge in [-0.25, -0.2) is 4.79 Å².